The normalized spacial score (nSPS) is 19.0. The molecule has 0 spiro atoms. The molecule has 0 aromatic carbocycles. The van der Waals surface area contributed by atoms with Crippen molar-refractivity contribution in [3.8, 4) is 0 Å². The molecule has 3 rings (SSSR count). The van der Waals surface area contributed by atoms with Crippen LogP contribution in [0.25, 0.3) is 0 Å². The first-order chi connectivity index (χ1) is 11.6. The molecule has 2 atom stereocenters. The van der Waals surface area contributed by atoms with Crippen molar-refractivity contribution in [3.05, 3.63) is 40.8 Å². The molecule has 0 saturated carbocycles. The zero-order chi connectivity index (χ0) is 16.9. The van der Waals surface area contributed by atoms with Gasteiger partial charge in [-0.2, -0.15) is 5.10 Å². The van der Waals surface area contributed by atoms with Crippen LogP contribution in [0.4, 0.5) is 4.79 Å². The summed E-state index contributed by atoms with van der Waals surface area (Å²) < 4.78 is 1.91. The quantitative estimate of drug-likeness (QED) is 0.865. The Bertz CT molecular complexity index is 671. The van der Waals surface area contributed by atoms with E-state index in [4.69, 9.17) is 5.73 Å². The number of hydrogen-bond donors (Lipinski definition) is 2. The summed E-state index contributed by atoms with van der Waals surface area (Å²) in [5.41, 5.74) is 5.26. The van der Waals surface area contributed by atoms with Crippen LogP contribution < -0.4 is 11.1 Å². The monoisotopic (exact) mass is 347 g/mol. The Kier molecular flexibility index (Phi) is 5.14. The Morgan fingerprint density at radius 1 is 1.46 bits per heavy atom. The minimum atomic E-state index is -0.616. The summed E-state index contributed by atoms with van der Waals surface area (Å²) in [6, 6.07) is 4.91. The van der Waals surface area contributed by atoms with Crippen molar-refractivity contribution in [1.29, 1.82) is 0 Å². The van der Waals surface area contributed by atoms with Crippen LogP contribution in [0.2, 0.25) is 0 Å². The van der Waals surface area contributed by atoms with Crippen molar-refractivity contribution in [2.24, 2.45) is 5.73 Å². The third-order valence-electron chi connectivity index (χ3n) is 4.23. The number of thiophene rings is 1. The zero-order valence-corrected chi connectivity index (χ0v) is 14.1. The van der Waals surface area contributed by atoms with E-state index < -0.39 is 6.03 Å². The van der Waals surface area contributed by atoms with Gasteiger partial charge in [-0.15, -0.1) is 11.3 Å². The van der Waals surface area contributed by atoms with E-state index >= 15 is 0 Å². The van der Waals surface area contributed by atoms with Gasteiger partial charge < -0.3 is 16.0 Å². The average Bonchev–Trinajstić information content (AvgIpc) is 3.27. The number of likely N-dealkylation sites (tertiary alicyclic amines) is 1. The highest BCUT2D eigenvalue weighted by molar-refractivity contribution is 7.10. The first kappa shape index (κ1) is 16.5. The number of nitrogens with zero attached hydrogens (tertiary/aromatic N) is 3. The maximum absolute atomic E-state index is 12.7. The van der Waals surface area contributed by atoms with Gasteiger partial charge in [0.2, 0.25) is 5.91 Å². The largest absolute Gasteiger partial charge is 0.352 e. The highest BCUT2D eigenvalue weighted by Crippen LogP contribution is 2.25. The van der Waals surface area contributed by atoms with E-state index in [-0.39, 0.29) is 24.4 Å². The summed E-state index contributed by atoms with van der Waals surface area (Å²) in [5, 5.41) is 8.88. The number of carbonyl (C=O) groups is 2. The van der Waals surface area contributed by atoms with Gasteiger partial charge in [0.1, 0.15) is 0 Å². The fraction of sp³-hybridized carbons (Fsp3) is 0.438. The molecule has 7 nitrogen and oxygen atoms in total. The van der Waals surface area contributed by atoms with Crippen LogP contribution in [0.1, 0.15) is 36.2 Å². The van der Waals surface area contributed by atoms with Gasteiger partial charge >= 0.3 is 6.03 Å². The van der Waals surface area contributed by atoms with E-state index in [0.717, 1.165) is 24.3 Å². The Morgan fingerprint density at radius 3 is 3.00 bits per heavy atom. The van der Waals surface area contributed by atoms with Crippen LogP contribution >= 0.6 is 11.3 Å². The summed E-state index contributed by atoms with van der Waals surface area (Å²) in [5.74, 6) is 0.0269. The average molecular weight is 347 g/mol. The van der Waals surface area contributed by atoms with Gasteiger partial charge in [0.15, 0.2) is 0 Å². The Hall–Kier alpha value is -2.35. The van der Waals surface area contributed by atoms with Gasteiger partial charge in [0, 0.05) is 30.4 Å². The number of urea groups is 1. The van der Waals surface area contributed by atoms with Crippen molar-refractivity contribution in [1.82, 2.24) is 20.0 Å². The van der Waals surface area contributed by atoms with Crippen LogP contribution in [0.3, 0.4) is 0 Å². The lowest BCUT2D eigenvalue weighted by atomic mass is 10.0. The number of nitrogens with one attached hydrogen (secondary N) is 1. The van der Waals surface area contributed by atoms with E-state index in [0.29, 0.717) is 6.54 Å². The van der Waals surface area contributed by atoms with E-state index in [1.807, 2.05) is 39.4 Å². The molecule has 1 fully saturated rings. The first-order valence-corrected chi connectivity index (χ1v) is 8.87. The standard InChI is InChI=1S/C16H21N5O2S/c17-16(23)19-13(14-5-2-9-24-14)10-15(22)20-7-1-4-12(11-20)21-8-3-6-18-21/h2-3,5-6,8-9,12-13H,1,4,7,10-11H2,(H3,17,19,23)/t12-,13+/m0/s1. The molecule has 1 saturated heterocycles. The van der Waals surface area contributed by atoms with E-state index in [1.54, 1.807) is 6.20 Å². The smallest absolute Gasteiger partial charge is 0.312 e. The molecule has 0 bridgehead atoms. The van der Waals surface area contributed by atoms with Gasteiger partial charge in [0.25, 0.3) is 0 Å². The second-order valence-corrected chi connectivity index (χ2v) is 6.88. The fourth-order valence-corrected chi connectivity index (χ4v) is 3.86. The number of nitrogens with two attached hydrogens (primary N) is 1. The maximum Gasteiger partial charge on any atom is 0.312 e. The molecule has 3 heterocycles. The second kappa shape index (κ2) is 7.48. The summed E-state index contributed by atoms with van der Waals surface area (Å²) in [4.78, 5) is 26.8. The summed E-state index contributed by atoms with van der Waals surface area (Å²) in [6.07, 6.45) is 5.87. The number of carbonyl (C=O) groups excluding carboxylic acids is 2. The SMILES string of the molecule is NC(=O)N[C@H](CC(=O)N1CCC[C@H](n2cccn2)C1)c1cccs1. The van der Waals surface area contributed by atoms with Crippen LogP contribution in [0.15, 0.2) is 36.0 Å². The summed E-state index contributed by atoms with van der Waals surface area (Å²) >= 11 is 1.51. The Labute approximate surface area is 144 Å². The van der Waals surface area contributed by atoms with Gasteiger partial charge in [-0.25, -0.2) is 4.79 Å². The number of hydrogen-bond acceptors (Lipinski definition) is 4. The van der Waals surface area contributed by atoms with Crippen LogP contribution in [-0.2, 0) is 4.79 Å². The molecular weight excluding hydrogens is 326 g/mol. The minimum Gasteiger partial charge on any atom is -0.352 e. The van der Waals surface area contributed by atoms with Gasteiger partial charge in [0.05, 0.1) is 18.5 Å². The molecule has 2 aromatic heterocycles. The molecule has 3 N–H and O–H groups in total. The van der Waals surface area contributed by atoms with E-state index in [1.165, 1.54) is 11.3 Å². The lowest BCUT2D eigenvalue weighted by Gasteiger charge is -2.33. The molecule has 0 unspecified atom stereocenters. The van der Waals surface area contributed by atoms with Crippen LogP contribution in [0, 0.1) is 0 Å². The third-order valence-corrected chi connectivity index (χ3v) is 5.22. The first-order valence-electron chi connectivity index (χ1n) is 8.00. The highest BCUT2D eigenvalue weighted by Gasteiger charge is 2.27. The van der Waals surface area contributed by atoms with Crippen LogP contribution in [0.5, 0.6) is 0 Å². The van der Waals surface area contributed by atoms with E-state index in [9.17, 15) is 9.59 Å². The number of amides is 3. The zero-order valence-electron chi connectivity index (χ0n) is 13.3. The molecule has 1 aliphatic rings. The second-order valence-electron chi connectivity index (χ2n) is 5.90. The Morgan fingerprint density at radius 2 is 2.33 bits per heavy atom. The lowest BCUT2D eigenvalue weighted by Crippen LogP contribution is -2.43. The summed E-state index contributed by atoms with van der Waals surface area (Å²) in [6.45, 7) is 1.39. The van der Waals surface area contributed by atoms with Crippen LogP contribution in [-0.4, -0.2) is 39.7 Å². The van der Waals surface area contributed by atoms with Crippen molar-refractivity contribution in [3.63, 3.8) is 0 Å². The highest BCUT2D eigenvalue weighted by atomic mass is 32.1. The molecule has 1 aliphatic heterocycles. The minimum absolute atomic E-state index is 0.0269. The van der Waals surface area contributed by atoms with E-state index in [2.05, 4.69) is 10.4 Å². The molecule has 24 heavy (non-hydrogen) atoms. The van der Waals surface area contributed by atoms with Crippen molar-refractivity contribution in [2.45, 2.75) is 31.3 Å². The molecular formula is C16H21N5O2S. The Balaban J connectivity index is 1.65. The topological polar surface area (TPSA) is 93.2 Å². The molecule has 0 radical (unpaired) electrons. The molecule has 0 aliphatic carbocycles. The molecule has 8 heteroatoms. The molecule has 3 amide bonds. The van der Waals surface area contributed by atoms with Crippen molar-refractivity contribution >= 4 is 23.3 Å². The van der Waals surface area contributed by atoms with Crippen molar-refractivity contribution in [2.75, 3.05) is 13.1 Å². The number of aromatic nitrogens is 2. The van der Waals surface area contributed by atoms with Crippen molar-refractivity contribution < 1.29 is 9.59 Å². The van der Waals surface area contributed by atoms with Gasteiger partial charge in [-0.3, -0.25) is 9.48 Å². The third kappa shape index (κ3) is 3.94. The predicted octanol–water partition coefficient (Wildman–Crippen LogP) is 1.91. The number of rotatable bonds is 5. The molecule has 128 valence electrons. The van der Waals surface area contributed by atoms with Gasteiger partial charge in [-0.1, -0.05) is 6.07 Å². The number of piperidine rings is 1. The predicted molar refractivity (Wildman–Crippen MR) is 91.5 cm³/mol. The maximum atomic E-state index is 12.7. The van der Waals surface area contributed by atoms with Gasteiger partial charge in [-0.05, 0) is 30.4 Å². The lowest BCUT2D eigenvalue weighted by molar-refractivity contribution is -0.133. The fourth-order valence-electron chi connectivity index (χ4n) is 3.08. The summed E-state index contributed by atoms with van der Waals surface area (Å²) in [7, 11) is 0. The molecule has 2 aromatic rings. The number of primary amides is 1.